The summed E-state index contributed by atoms with van der Waals surface area (Å²) in [6, 6.07) is 5.81. The summed E-state index contributed by atoms with van der Waals surface area (Å²) >= 11 is 0. The van der Waals surface area contributed by atoms with Gasteiger partial charge >= 0.3 is 5.97 Å². The number of benzene rings is 1. The van der Waals surface area contributed by atoms with Gasteiger partial charge in [0.2, 0.25) is 5.91 Å². The van der Waals surface area contributed by atoms with Crippen LogP contribution in [0, 0.1) is 5.92 Å². The number of phenolic OH excluding ortho intramolecular Hbond substituents is 1. The molecule has 0 bridgehead atoms. The maximum absolute atomic E-state index is 11.9. The second-order valence-electron chi connectivity index (χ2n) is 4.76. The molecule has 1 aromatic carbocycles. The van der Waals surface area contributed by atoms with Crippen LogP contribution in [0.4, 0.5) is 0 Å². The largest absolute Gasteiger partial charge is 0.508 e. The summed E-state index contributed by atoms with van der Waals surface area (Å²) in [6.07, 6.45) is 0.368. The molecule has 1 heterocycles. The number of likely N-dealkylation sites (tertiary alicyclic amines) is 1. The number of nitrogens with zero attached hydrogens (tertiary/aromatic N) is 1. The van der Waals surface area contributed by atoms with Gasteiger partial charge in [0.25, 0.3) is 0 Å². The Morgan fingerprint density at radius 2 is 1.89 bits per heavy atom. The summed E-state index contributed by atoms with van der Waals surface area (Å²) in [4.78, 5) is 24.0. The van der Waals surface area contributed by atoms with Gasteiger partial charge in [-0.15, -0.1) is 0 Å². The lowest BCUT2D eigenvalue weighted by molar-refractivity contribution is -0.153. The van der Waals surface area contributed by atoms with Crippen molar-refractivity contribution in [3.8, 4) is 5.75 Å². The number of hydrogen-bond donors (Lipinski definition) is 3. The number of hydrogen-bond acceptors (Lipinski definition) is 4. The molecule has 0 radical (unpaired) electrons. The van der Waals surface area contributed by atoms with Crippen LogP contribution in [0.25, 0.3) is 0 Å². The van der Waals surface area contributed by atoms with Crippen LogP contribution in [-0.4, -0.2) is 46.1 Å². The smallest absolute Gasteiger partial charge is 0.310 e. The van der Waals surface area contributed by atoms with Crippen LogP contribution in [0.2, 0.25) is 0 Å². The molecule has 6 nitrogen and oxygen atoms in total. The number of amides is 1. The Bertz CT molecular complexity index is 480. The van der Waals surface area contributed by atoms with Crippen LogP contribution >= 0.6 is 0 Å². The van der Waals surface area contributed by atoms with Crippen LogP contribution < -0.4 is 5.73 Å². The Kier molecular flexibility index (Phi) is 3.71. The first kappa shape index (κ1) is 13.4. The molecule has 1 aromatic rings. The minimum absolute atomic E-state index is 0.163. The highest BCUT2D eigenvalue weighted by atomic mass is 16.4. The van der Waals surface area contributed by atoms with Gasteiger partial charge in [0.1, 0.15) is 5.75 Å². The van der Waals surface area contributed by atoms with E-state index >= 15 is 0 Å². The van der Waals surface area contributed by atoms with Gasteiger partial charge in [-0.3, -0.25) is 9.59 Å². The molecular weight excluding hydrogens is 248 g/mol. The molecule has 1 fully saturated rings. The van der Waals surface area contributed by atoms with Crippen molar-refractivity contribution >= 4 is 11.9 Å². The summed E-state index contributed by atoms with van der Waals surface area (Å²) in [6.45, 7) is 0.467. The molecule has 4 N–H and O–H groups in total. The van der Waals surface area contributed by atoms with Crippen LogP contribution in [0.3, 0.4) is 0 Å². The van der Waals surface area contributed by atoms with Gasteiger partial charge in [-0.2, -0.15) is 0 Å². The van der Waals surface area contributed by atoms with Gasteiger partial charge in [0, 0.05) is 13.1 Å². The number of phenols is 1. The van der Waals surface area contributed by atoms with Crippen LogP contribution in [0.1, 0.15) is 5.56 Å². The molecule has 1 aliphatic heterocycles. The predicted octanol–water partition coefficient (Wildman–Crippen LogP) is -0.195. The zero-order valence-corrected chi connectivity index (χ0v) is 10.3. The number of carbonyl (C=O) groups excluding carboxylic acids is 1. The van der Waals surface area contributed by atoms with Crippen molar-refractivity contribution in [1.29, 1.82) is 0 Å². The molecule has 0 aromatic heterocycles. The van der Waals surface area contributed by atoms with Crippen LogP contribution in [0.15, 0.2) is 24.3 Å². The summed E-state index contributed by atoms with van der Waals surface area (Å²) in [5, 5.41) is 17.9. The SMILES string of the molecule is N[C@@H](Cc1ccc(O)cc1)C(=O)N1CC(C(=O)O)C1. The number of rotatable bonds is 4. The van der Waals surface area contributed by atoms with E-state index in [9.17, 15) is 9.59 Å². The summed E-state index contributed by atoms with van der Waals surface area (Å²) < 4.78 is 0. The van der Waals surface area contributed by atoms with Crippen molar-refractivity contribution in [1.82, 2.24) is 4.90 Å². The normalized spacial score (nSPS) is 16.8. The van der Waals surface area contributed by atoms with Gasteiger partial charge in [-0.05, 0) is 24.1 Å². The minimum atomic E-state index is -0.879. The quantitative estimate of drug-likeness (QED) is 0.699. The fourth-order valence-corrected chi connectivity index (χ4v) is 2.02. The van der Waals surface area contributed by atoms with Crippen molar-refractivity contribution in [3.63, 3.8) is 0 Å². The molecule has 0 saturated carbocycles. The average Bonchev–Trinajstić information content (AvgIpc) is 2.29. The van der Waals surface area contributed by atoms with E-state index in [0.29, 0.717) is 6.42 Å². The van der Waals surface area contributed by atoms with Gasteiger partial charge in [-0.25, -0.2) is 0 Å². The topological polar surface area (TPSA) is 104 Å². The van der Waals surface area contributed by atoms with E-state index in [4.69, 9.17) is 15.9 Å². The fraction of sp³-hybridized carbons (Fsp3) is 0.385. The van der Waals surface area contributed by atoms with E-state index in [-0.39, 0.29) is 24.7 Å². The second kappa shape index (κ2) is 5.27. The zero-order valence-electron chi connectivity index (χ0n) is 10.3. The molecule has 6 heteroatoms. The van der Waals surface area contributed by atoms with Crippen molar-refractivity contribution in [2.24, 2.45) is 11.7 Å². The molecule has 1 aliphatic rings. The third kappa shape index (κ3) is 3.03. The molecule has 102 valence electrons. The van der Waals surface area contributed by atoms with Gasteiger partial charge in [0.15, 0.2) is 0 Å². The number of carboxylic acid groups (broad SMARTS) is 1. The van der Waals surface area contributed by atoms with E-state index in [1.165, 1.54) is 17.0 Å². The first-order valence-electron chi connectivity index (χ1n) is 6.02. The monoisotopic (exact) mass is 264 g/mol. The predicted molar refractivity (Wildman–Crippen MR) is 67.5 cm³/mol. The number of nitrogens with two attached hydrogens (primary N) is 1. The summed E-state index contributed by atoms with van der Waals surface area (Å²) in [5.41, 5.74) is 6.67. The highest BCUT2D eigenvalue weighted by Crippen LogP contribution is 2.18. The van der Waals surface area contributed by atoms with Crippen LogP contribution in [0.5, 0.6) is 5.75 Å². The maximum atomic E-state index is 11.9. The number of carbonyl (C=O) groups is 2. The molecule has 1 atom stereocenters. The van der Waals surface area contributed by atoms with Gasteiger partial charge < -0.3 is 20.8 Å². The fourth-order valence-electron chi connectivity index (χ4n) is 2.02. The number of aliphatic carboxylic acids is 1. The van der Waals surface area contributed by atoms with E-state index in [0.717, 1.165) is 5.56 Å². The molecule has 1 saturated heterocycles. The standard InChI is InChI=1S/C13H16N2O4/c14-11(5-8-1-3-10(16)4-2-8)12(17)15-6-9(7-15)13(18)19/h1-4,9,11,16H,5-7,14H2,(H,18,19)/t11-/m0/s1. The van der Waals surface area contributed by atoms with Crippen molar-refractivity contribution < 1.29 is 19.8 Å². The molecular formula is C13H16N2O4. The minimum Gasteiger partial charge on any atom is -0.508 e. The zero-order chi connectivity index (χ0) is 14.0. The Morgan fingerprint density at radius 1 is 1.32 bits per heavy atom. The Hall–Kier alpha value is -2.08. The third-order valence-electron chi connectivity index (χ3n) is 3.25. The van der Waals surface area contributed by atoms with E-state index in [1.54, 1.807) is 12.1 Å². The van der Waals surface area contributed by atoms with Crippen molar-refractivity contribution in [2.45, 2.75) is 12.5 Å². The van der Waals surface area contributed by atoms with Gasteiger partial charge in [-0.1, -0.05) is 12.1 Å². The molecule has 0 aliphatic carbocycles. The number of aromatic hydroxyl groups is 1. The molecule has 1 amide bonds. The highest BCUT2D eigenvalue weighted by Gasteiger charge is 2.37. The maximum Gasteiger partial charge on any atom is 0.310 e. The Balaban J connectivity index is 1.87. The lowest BCUT2D eigenvalue weighted by Gasteiger charge is -2.38. The Morgan fingerprint density at radius 3 is 2.42 bits per heavy atom. The second-order valence-corrected chi connectivity index (χ2v) is 4.76. The Labute approximate surface area is 110 Å². The van der Waals surface area contributed by atoms with Crippen LogP contribution in [-0.2, 0) is 16.0 Å². The van der Waals surface area contributed by atoms with E-state index in [1.807, 2.05) is 0 Å². The lowest BCUT2D eigenvalue weighted by Crippen LogP contribution is -2.57. The molecule has 2 rings (SSSR count). The van der Waals surface area contributed by atoms with Gasteiger partial charge in [0.05, 0.1) is 12.0 Å². The first-order chi connectivity index (χ1) is 8.97. The van der Waals surface area contributed by atoms with Crippen molar-refractivity contribution in [3.05, 3.63) is 29.8 Å². The third-order valence-corrected chi connectivity index (χ3v) is 3.25. The number of carboxylic acids is 1. The van der Waals surface area contributed by atoms with Crippen molar-refractivity contribution in [2.75, 3.05) is 13.1 Å². The summed E-state index contributed by atoms with van der Waals surface area (Å²) in [7, 11) is 0. The average molecular weight is 264 g/mol. The molecule has 0 unspecified atom stereocenters. The highest BCUT2D eigenvalue weighted by molar-refractivity contribution is 5.85. The van der Waals surface area contributed by atoms with E-state index in [2.05, 4.69) is 0 Å². The van der Waals surface area contributed by atoms with E-state index < -0.39 is 17.9 Å². The lowest BCUT2D eigenvalue weighted by atomic mass is 9.97. The molecule has 19 heavy (non-hydrogen) atoms. The first-order valence-corrected chi connectivity index (χ1v) is 6.02. The molecule has 0 spiro atoms. The summed E-state index contributed by atoms with van der Waals surface area (Å²) in [5.74, 6) is -1.41.